The number of aromatic nitrogens is 4. The first-order chi connectivity index (χ1) is 16.6. The molecular weight excluding hydrogens is 465 g/mol. The topological polar surface area (TPSA) is 122 Å². The van der Waals surface area contributed by atoms with Gasteiger partial charge < -0.3 is 10.6 Å². The van der Waals surface area contributed by atoms with Crippen LogP contribution in [0.25, 0.3) is 5.82 Å². The number of nitrogens with zero attached hydrogens (tertiary/aromatic N) is 3. The summed E-state index contributed by atoms with van der Waals surface area (Å²) in [5.74, 6) is -0.836. The number of alkyl halides is 3. The molecule has 0 unspecified atom stereocenters. The van der Waals surface area contributed by atoms with Crippen molar-refractivity contribution in [3.63, 3.8) is 0 Å². The first kappa shape index (κ1) is 23.4. The summed E-state index contributed by atoms with van der Waals surface area (Å²) in [5, 5.41) is 15.4. The summed E-state index contributed by atoms with van der Waals surface area (Å²) in [6.45, 7) is 1.65. The van der Waals surface area contributed by atoms with Gasteiger partial charge in [0.1, 0.15) is 0 Å². The number of hydrogen-bond acceptors (Lipinski definition) is 5. The van der Waals surface area contributed by atoms with Crippen LogP contribution in [-0.2, 0) is 6.18 Å². The summed E-state index contributed by atoms with van der Waals surface area (Å²) in [5.41, 5.74) is -0.167. The number of hydrogen-bond donors (Lipinski definition) is 3. The SMILES string of the molecule is Cc1c(C(=O)Nc2cccc(C(=O)Nc3cccc(C(F)(F)F)c3)c2)cnn1-c1ccc(=O)[nH]n1. The standard InChI is InChI=1S/C23H17F3N6O3/c1-13-18(12-27-32(13)19-8-9-20(33)31-30-19)22(35)29-16-6-2-4-14(10-16)21(34)28-17-7-3-5-15(11-17)23(24,25)26/h2-12H,1H3,(H,28,34)(H,29,35)(H,31,33). The van der Waals surface area contributed by atoms with Crippen LogP contribution in [0.1, 0.15) is 32.0 Å². The first-order valence-electron chi connectivity index (χ1n) is 10.1. The number of H-pyrrole nitrogens is 1. The minimum absolute atomic E-state index is 0.0156. The normalized spacial score (nSPS) is 11.2. The molecule has 2 aromatic carbocycles. The van der Waals surface area contributed by atoms with E-state index < -0.39 is 23.6 Å². The predicted molar refractivity (Wildman–Crippen MR) is 121 cm³/mol. The highest BCUT2D eigenvalue weighted by atomic mass is 19.4. The molecule has 4 aromatic rings. The van der Waals surface area contributed by atoms with E-state index in [0.717, 1.165) is 12.1 Å². The average molecular weight is 482 g/mol. The molecule has 3 N–H and O–H groups in total. The third-order valence-corrected chi connectivity index (χ3v) is 4.97. The van der Waals surface area contributed by atoms with Crippen molar-refractivity contribution in [1.82, 2.24) is 20.0 Å². The number of anilines is 2. The summed E-state index contributed by atoms with van der Waals surface area (Å²) >= 11 is 0. The smallest absolute Gasteiger partial charge is 0.322 e. The van der Waals surface area contributed by atoms with Gasteiger partial charge in [0.15, 0.2) is 5.82 Å². The number of carbonyl (C=O) groups is 2. The van der Waals surface area contributed by atoms with E-state index in [4.69, 9.17) is 0 Å². The van der Waals surface area contributed by atoms with Crippen molar-refractivity contribution in [2.75, 3.05) is 10.6 Å². The number of halogens is 3. The van der Waals surface area contributed by atoms with Gasteiger partial charge >= 0.3 is 6.18 Å². The molecule has 0 spiro atoms. The van der Waals surface area contributed by atoms with Crippen molar-refractivity contribution in [1.29, 1.82) is 0 Å². The third kappa shape index (κ3) is 5.27. The first-order valence-corrected chi connectivity index (χ1v) is 10.1. The summed E-state index contributed by atoms with van der Waals surface area (Å²) in [6.07, 6.45) is -3.20. The van der Waals surface area contributed by atoms with Gasteiger partial charge in [0.25, 0.3) is 17.4 Å². The molecule has 9 nitrogen and oxygen atoms in total. The number of nitrogens with one attached hydrogen (secondary N) is 3. The monoisotopic (exact) mass is 482 g/mol. The molecule has 0 aliphatic heterocycles. The lowest BCUT2D eigenvalue weighted by Crippen LogP contribution is -2.16. The van der Waals surface area contributed by atoms with E-state index in [2.05, 4.69) is 25.9 Å². The van der Waals surface area contributed by atoms with E-state index >= 15 is 0 Å². The van der Waals surface area contributed by atoms with Crippen molar-refractivity contribution >= 4 is 23.2 Å². The second kappa shape index (κ2) is 9.25. The van der Waals surface area contributed by atoms with Gasteiger partial charge in [0, 0.05) is 23.0 Å². The number of benzene rings is 2. The van der Waals surface area contributed by atoms with Crippen LogP contribution in [-0.4, -0.2) is 31.8 Å². The van der Waals surface area contributed by atoms with Gasteiger partial charge in [-0.25, -0.2) is 9.78 Å². The maximum absolute atomic E-state index is 12.9. The Balaban J connectivity index is 1.49. The molecule has 2 aromatic heterocycles. The van der Waals surface area contributed by atoms with E-state index in [1.54, 1.807) is 13.0 Å². The van der Waals surface area contributed by atoms with Gasteiger partial charge in [0.2, 0.25) is 0 Å². The lowest BCUT2D eigenvalue weighted by molar-refractivity contribution is -0.137. The molecule has 4 rings (SSSR count). The Hall–Kier alpha value is -4.74. The Morgan fingerprint density at radius 1 is 0.943 bits per heavy atom. The Labute approximate surface area is 195 Å². The van der Waals surface area contributed by atoms with Gasteiger partial charge in [-0.3, -0.25) is 14.4 Å². The Bertz CT molecular complexity index is 1460. The largest absolute Gasteiger partial charge is 0.416 e. The number of rotatable bonds is 5. The number of carbonyl (C=O) groups excluding carboxylic acids is 2. The fraction of sp³-hybridized carbons (Fsp3) is 0.0870. The van der Waals surface area contributed by atoms with Gasteiger partial charge in [-0.2, -0.15) is 23.4 Å². The average Bonchev–Trinajstić information content (AvgIpc) is 3.21. The van der Waals surface area contributed by atoms with Crippen LogP contribution in [0.5, 0.6) is 0 Å². The highest BCUT2D eigenvalue weighted by Crippen LogP contribution is 2.30. The van der Waals surface area contributed by atoms with Gasteiger partial charge in [-0.05, 0) is 49.4 Å². The summed E-state index contributed by atoms with van der Waals surface area (Å²) < 4.78 is 40.1. The molecular formula is C23H17F3N6O3. The Morgan fingerprint density at radius 3 is 2.31 bits per heavy atom. The minimum atomic E-state index is -4.54. The van der Waals surface area contributed by atoms with E-state index in [9.17, 15) is 27.6 Å². The van der Waals surface area contributed by atoms with E-state index in [1.807, 2.05) is 0 Å². The van der Waals surface area contributed by atoms with E-state index in [1.165, 1.54) is 53.3 Å². The lowest BCUT2D eigenvalue weighted by atomic mass is 10.1. The maximum atomic E-state index is 12.9. The number of aromatic amines is 1. The zero-order valence-corrected chi connectivity index (χ0v) is 18.1. The molecule has 0 saturated heterocycles. The number of amides is 2. The highest BCUT2D eigenvalue weighted by molar-refractivity contribution is 6.07. The molecule has 178 valence electrons. The van der Waals surface area contributed by atoms with Crippen LogP contribution in [0.4, 0.5) is 24.5 Å². The van der Waals surface area contributed by atoms with Crippen molar-refractivity contribution < 1.29 is 22.8 Å². The van der Waals surface area contributed by atoms with Gasteiger partial charge in [-0.15, -0.1) is 0 Å². The molecule has 0 saturated carbocycles. The molecule has 2 amide bonds. The van der Waals surface area contributed by atoms with Crippen LogP contribution in [0.2, 0.25) is 0 Å². The molecule has 12 heteroatoms. The quantitative estimate of drug-likeness (QED) is 0.400. The third-order valence-electron chi connectivity index (χ3n) is 4.97. The van der Waals surface area contributed by atoms with Crippen LogP contribution in [0.3, 0.4) is 0 Å². The van der Waals surface area contributed by atoms with E-state index in [0.29, 0.717) is 17.2 Å². The Morgan fingerprint density at radius 2 is 1.63 bits per heavy atom. The van der Waals surface area contributed by atoms with Crippen molar-refractivity contribution in [2.45, 2.75) is 13.1 Å². The predicted octanol–water partition coefficient (Wildman–Crippen LogP) is 3.79. The zero-order chi connectivity index (χ0) is 25.2. The minimum Gasteiger partial charge on any atom is -0.322 e. The molecule has 0 fully saturated rings. The zero-order valence-electron chi connectivity index (χ0n) is 18.1. The summed E-state index contributed by atoms with van der Waals surface area (Å²) in [4.78, 5) is 36.6. The Kier molecular flexibility index (Phi) is 6.19. The van der Waals surface area contributed by atoms with Crippen LogP contribution in [0, 0.1) is 6.92 Å². The van der Waals surface area contributed by atoms with Crippen molar-refractivity contribution in [3.05, 3.63) is 99.6 Å². The van der Waals surface area contributed by atoms with Crippen LogP contribution >= 0.6 is 0 Å². The molecule has 0 radical (unpaired) electrons. The summed E-state index contributed by atoms with van der Waals surface area (Å²) in [7, 11) is 0. The lowest BCUT2D eigenvalue weighted by Gasteiger charge is -2.11. The van der Waals surface area contributed by atoms with E-state index in [-0.39, 0.29) is 22.4 Å². The van der Waals surface area contributed by atoms with Gasteiger partial charge in [0.05, 0.1) is 23.0 Å². The highest BCUT2D eigenvalue weighted by Gasteiger charge is 2.30. The fourth-order valence-electron chi connectivity index (χ4n) is 3.23. The molecule has 0 aliphatic rings. The van der Waals surface area contributed by atoms with Crippen molar-refractivity contribution in [3.8, 4) is 5.82 Å². The second-order valence-electron chi connectivity index (χ2n) is 7.40. The molecule has 0 aliphatic carbocycles. The molecule has 0 atom stereocenters. The van der Waals surface area contributed by atoms with Crippen LogP contribution < -0.4 is 16.2 Å². The fourth-order valence-corrected chi connectivity index (χ4v) is 3.23. The second-order valence-corrected chi connectivity index (χ2v) is 7.40. The van der Waals surface area contributed by atoms with Gasteiger partial charge in [-0.1, -0.05) is 12.1 Å². The van der Waals surface area contributed by atoms with Crippen LogP contribution in [0.15, 0.2) is 71.7 Å². The maximum Gasteiger partial charge on any atom is 0.416 e. The summed E-state index contributed by atoms with van der Waals surface area (Å²) in [6, 6.07) is 12.9. The van der Waals surface area contributed by atoms with Crippen molar-refractivity contribution in [2.24, 2.45) is 0 Å². The molecule has 35 heavy (non-hydrogen) atoms. The molecule has 2 heterocycles. The molecule has 0 bridgehead atoms.